The Balaban J connectivity index is 1.65. The molecule has 1 heterocycles. The van der Waals surface area contributed by atoms with E-state index in [-0.39, 0.29) is 23.9 Å². The third-order valence-corrected chi connectivity index (χ3v) is 6.23. The Morgan fingerprint density at radius 1 is 1.12 bits per heavy atom. The van der Waals surface area contributed by atoms with Crippen molar-refractivity contribution in [2.24, 2.45) is 0 Å². The maximum Gasteiger partial charge on any atom is 0.320 e. The van der Waals surface area contributed by atoms with Crippen molar-refractivity contribution in [3.05, 3.63) is 35.9 Å². The van der Waals surface area contributed by atoms with Crippen LogP contribution in [0.5, 0.6) is 0 Å². The van der Waals surface area contributed by atoms with E-state index < -0.39 is 15.3 Å². The van der Waals surface area contributed by atoms with E-state index in [9.17, 15) is 13.2 Å². The number of rotatable bonds is 5. The molecule has 1 unspecified atom stereocenters. The fourth-order valence-electron chi connectivity index (χ4n) is 3.10. The van der Waals surface area contributed by atoms with Crippen molar-refractivity contribution in [3.8, 4) is 0 Å². The van der Waals surface area contributed by atoms with Crippen molar-refractivity contribution >= 4 is 33.7 Å². The predicted octanol–water partition coefficient (Wildman–Crippen LogP) is 1.38. The fourth-order valence-corrected chi connectivity index (χ4v) is 4.58. The molecule has 1 atom stereocenters. The first kappa shape index (κ1) is 17.6. The zero-order chi connectivity index (χ0) is 17.7. The standard InChI is InChI=1S/C18H21N3O3S/c22-18(20-15-7-3-1-4-8-15)14-11-17(13-19-12-14)25(23,24)21-16-9-5-2-6-10-16/h1,3-4,7-8,13,16-17,21H,2,5-6,9-11H2/p+1. The summed E-state index contributed by atoms with van der Waals surface area (Å²) in [5.41, 5.74) is 0.890. The molecule has 25 heavy (non-hydrogen) atoms. The summed E-state index contributed by atoms with van der Waals surface area (Å²) in [6.45, 7) is 0. The van der Waals surface area contributed by atoms with Crippen molar-refractivity contribution in [1.29, 1.82) is 0 Å². The molecule has 0 radical (unpaired) electrons. The molecule has 0 spiro atoms. The smallest absolute Gasteiger partial charge is 0.320 e. The molecular formula is C18H22N3O3S+. The second-order valence-corrected chi connectivity index (χ2v) is 8.36. The molecular weight excluding hydrogens is 338 g/mol. The van der Waals surface area contributed by atoms with Gasteiger partial charge in [-0.2, -0.15) is 0 Å². The Labute approximate surface area is 147 Å². The van der Waals surface area contributed by atoms with Gasteiger partial charge >= 0.3 is 12.1 Å². The largest absolute Gasteiger partial charge is 0.322 e. The first-order valence-corrected chi connectivity index (χ1v) is 10.1. The van der Waals surface area contributed by atoms with Gasteiger partial charge in [0.2, 0.25) is 10.0 Å². The molecule has 2 aliphatic rings. The van der Waals surface area contributed by atoms with Crippen LogP contribution in [0.1, 0.15) is 38.5 Å². The normalized spacial score (nSPS) is 21.0. The highest BCUT2D eigenvalue weighted by molar-refractivity contribution is 7.90. The lowest BCUT2D eigenvalue weighted by Gasteiger charge is -2.23. The molecule has 1 aliphatic heterocycles. The Bertz CT molecular complexity index is 830. The zero-order valence-corrected chi connectivity index (χ0v) is 14.8. The van der Waals surface area contributed by atoms with Gasteiger partial charge < -0.3 is 5.32 Å². The molecule has 1 aromatic carbocycles. The minimum Gasteiger partial charge on any atom is -0.322 e. The second kappa shape index (κ2) is 7.81. The molecule has 1 aliphatic carbocycles. The van der Waals surface area contributed by atoms with E-state index in [4.69, 9.17) is 0 Å². The summed E-state index contributed by atoms with van der Waals surface area (Å²) < 4.78 is 31.9. The van der Waals surface area contributed by atoms with Gasteiger partial charge in [0.1, 0.15) is 5.57 Å². The Kier molecular flexibility index (Phi) is 5.51. The van der Waals surface area contributed by atoms with Crippen molar-refractivity contribution < 1.29 is 13.2 Å². The van der Waals surface area contributed by atoms with Crippen LogP contribution in [0.2, 0.25) is 0 Å². The topological polar surface area (TPSA) is 89.4 Å². The molecule has 6 nitrogen and oxygen atoms in total. The number of carbonyl (C=O) groups is 1. The van der Waals surface area contributed by atoms with Crippen LogP contribution in [-0.2, 0) is 14.8 Å². The quantitative estimate of drug-likeness (QED) is 0.778. The number of nitrogens with zero attached hydrogens (tertiary/aromatic N) is 1. The van der Waals surface area contributed by atoms with Gasteiger partial charge in [0, 0.05) is 18.2 Å². The van der Waals surface area contributed by atoms with Crippen LogP contribution in [0.15, 0.2) is 35.9 Å². The van der Waals surface area contributed by atoms with Gasteiger partial charge in [-0.15, -0.1) is 0 Å². The molecule has 0 saturated heterocycles. The van der Waals surface area contributed by atoms with Crippen LogP contribution < -0.4 is 14.7 Å². The van der Waals surface area contributed by atoms with E-state index in [0.717, 1.165) is 32.1 Å². The first-order chi connectivity index (χ1) is 12.0. The summed E-state index contributed by atoms with van der Waals surface area (Å²) in [4.78, 5) is 12.3. The molecule has 0 bridgehead atoms. The van der Waals surface area contributed by atoms with Crippen LogP contribution >= 0.6 is 0 Å². The summed E-state index contributed by atoms with van der Waals surface area (Å²) in [6.07, 6.45) is 6.41. The highest BCUT2D eigenvalue weighted by atomic mass is 32.2. The number of para-hydroxylation sites is 1. The van der Waals surface area contributed by atoms with Crippen molar-refractivity contribution in [1.82, 2.24) is 9.39 Å². The van der Waals surface area contributed by atoms with Gasteiger partial charge in [0.05, 0.1) is 0 Å². The van der Waals surface area contributed by atoms with E-state index in [1.165, 1.54) is 6.21 Å². The van der Waals surface area contributed by atoms with Gasteiger partial charge in [0.25, 0.3) is 5.91 Å². The highest BCUT2D eigenvalue weighted by Crippen LogP contribution is 2.20. The maximum absolute atomic E-state index is 12.6. The van der Waals surface area contributed by atoms with Crippen molar-refractivity contribution in [2.75, 3.05) is 5.32 Å². The van der Waals surface area contributed by atoms with Crippen LogP contribution in [-0.4, -0.2) is 37.7 Å². The molecule has 1 fully saturated rings. The van der Waals surface area contributed by atoms with E-state index in [1.807, 2.05) is 18.2 Å². The third kappa shape index (κ3) is 4.68. The van der Waals surface area contributed by atoms with Crippen LogP contribution in [0.25, 0.3) is 0 Å². The average Bonchev–Trinajstić information content (AvgIpc) is 2.63. The lowest BCUT2D eigenvalue weighted by atomic mass is 9.96. The number of carbonyl (C=O) groups excluding carboxylic acids is 1. The Morgan fingerprint density at radius 2 is 1.84 bits per heavy atom. The number of hydrogen-bond donors (Lipinski definition) is 2. The summed E-state index contributed by atoms with van der Waals surface area (Å²) >= 11 is 0. The molecule has 1 amide bonds. The predicted molar refractivity (Wildman–Crippen MR) is 99.1 cm³/mol. The van der Waals surface area contributed by atoms with E-state index >= 15 is 0 Å². The van der Waals surface area contributed by atoms with E-state index in [2.05, 4.69) is 20.6 Å². The first-order valence-electron chi connectivity index (χ1n) is 8.57. The van der Waals surface area contributed by atoms with E-state index in [1.54, 1.807) is 12.1 Å². The minimum absolute atomic E-state index is 0.0105. The molecule has 2 N–H and O–H groups in total. The van der Waals surface area contributed by atoms with Crippen molar-refractivity contribution in [3.63, 3.8) is 0 Å². The number of hydrogen-bond acceptors (Lipinski definition) is 3. The molecule has 1 saturated carbocycles. The monoisotopic (exact) mass is 360 g/mol. The number of anilines is 1. The van der Waals surface area contributed by atoms with Crippen LogP contribution in [0.3, 0.4) is 0 Å². The van der Waals surface area contributed by atoms with Gasteiger partial charge in [-0.3, -0.25) is 4.79 Å². The Hall–Kier alpha value is -2.17. The molecule has 132 valence electrons. The number of amides is 1. The number of nitrogens with one attached hydrogen (secondary N) is 2. The zero-order valence-electron chi connectivity index (χ0n) is 13.9. The Morgan fingerprint density at radius 3 is 2.56 bits per heavy atom. The molecule has 3 rings (SSSR count). The average molecular weight is 360 g/mol. The van der Waals surface area contributed by atoms with Crippen molar-refractivity contribution in [2.45, 2.75) is 49.8 Å². The van der Waals surface area contributed by atoms with Crippen LogP contribution in [0.4, 0.5) is 5.69 Å². The summed E-state index contributed by atoms with van der Waals surface area (Å²) in [5.74, 6) is 2.25. The van der Waals surface area contributed by atoms with Gasteiger partial charge in [-0.1, -0.05) is 37.5 Å². The lowest BCUT2D eigenvalue weighted by Crippen LogP contribution is -2.44. The lowest BCUT2D eigenvalue weighted by molar-refractivity contribution is -0.112. The van der Waals surface area contributed by atoms with Gasteiger partial charge in [0.15, 0.2) is 5.25 Å². The number of benzene rings is 1. The maximum atomic E-state index is 12.6. The summed E-state index contributed by atoms with van der Waals surface area (Å²) in [5, 5.41) is 1.90. The van der Waals surface area contributed by atoms with Gasteiger partial charge in [-0.05, 0) is 29.6 Å². The fraction of sp³-hybridized carbons (Fsp3) is 0.444. The minimum atomic E-state index is -3.56. The highest BCUT2D eigenvalue weighted by Gasteiger charge is 2.35. The van der Waals surface area contributed by atoms with Crippen LogP contribution in [0, 0.1) is 0 Å². The van der Waals surface area contributed by atoms with Gasteiger partial charge in [-0.25, -0.2) is 13.1 Å². The van der Waals surface area contributed by atoms with E-state index in [0.29, 0.717) is 5.69 Å². The molecule has 7 heteroatoms. The SMILES string of the molecule is O=C(Nc1ccccc1)C1=C=[N+]=CC(S(=O)(=O)NC2CCCCC2)C1. The molecule has 0 aromatic heterocycles. The summed E-state index contributed by atoms with van der Waals surface area (Å²) in [6, 6.07) is 9.00. The third-order valence-electron chi connectivity index (χ3n) is 4.49. The molecule has 1 aromatic rings. The summed E-state index contributed by atoms with van der Waals surface area (Å²) in [7, 11) is -3.56. The number of sulfonamides is 1. The second-order valence-electron chi connectivity index (χ2n) is 6.43.